The van der Waals surface area contributed by atoms with E-state index >= 15 is 0 Å². The van der Waals surface area contributed by atoms with Crippen molar-refractivity contribution in [3.63, 3.8) is 0 Å². The van der Waals surface area contributed by atoms with E-state index in [0.29, 0.717) is 0 Å². The summed E-state index contributed by atoms with van der Waals surface area (Å²) in [6.07, 6.45) is 2.59. The van der Waals surface area contributed by atoms with E-state index in [1.807, 2.05) is 13.8 Å². The lowest BCUT2D eigenvalue weighted by Gasteiger charge is -2.15. The first-order chi connectivity index (χ1) is 5.67. The zero-order valence-electron chi connectivity index (χ0n) is 8.76. The maximum Gasteiger partial charge on any atom is 0.245 e. The second-order valence-corrected chi connectivity index (χ2v) is 2.42. The third-order valence-electron chi connectivity index (χ3n) is 1.25. The van der Waals surface area contributed by atoms with Crippen molar-refractivity contribution < 1.29 is 4.79 Å². The molecule has 1 amide bonds. The van der Waals surface area contributed by atoms with Crippen LogP contribution in [0, 0.1) is 0 Å². The van der Waals surface area contributed by atoms with E-state index in [4.69, 9.17) is 0 Å². The number of rotatable bonds is 3. The minimum atomic E-state index is 0.0139. The smallest absolute Gasteiger partial charge is 0.245 e. The van der Waals surface area contributed by atoms with E-state index in [1.165, 1.54) is 12.5 Å². The molecule has 2 heteroatoms. The lowest BCUT2D eigenvalue weighted by molar-refractivity contribution is -0.125. The van der Waals surface area contributed by atoms with E-state index in [1.54, 1.807) is 4.90 Å². The van der Waals surface area contributed by atoms with Gasteiger partial charge in [0.1, 0.15) is 0 Å². The molecule has 0 atom stereocenters. The van der Waals surface area contributed by atoms with Crippen LogP contribution in [0.2, 0.25) is 0 Å². The van der Waals surface area contributed by atoms with Crippen molar-refractivity contribution in [2.45, 2.75) is 34.1 Å². The monoisotopic (exact) mass is 171 g/mol. The van der Waals surface area contributed by atoms with E-state index in [2.05, 4.69) is 20.4 Å². The summed E-state index contributed by atoms with van der Waals surface area (Å²) in [5.41, 5.74) is 0. The van der Waals surface area contributed by atoms with Crippen LogP contribution in [0.3, 0.4) is 0 Å². The summed E-state index contributed by atoms with van der Waals surface area (Å²) in [4.78, 5) is 12.5. The van der Waals surface area contributed by atoms with Gasteiger partial charge in [-0.1, -0.05) is 26.8 Å². The van der Waals surface area contributed by atoms with Crippen LogP contribution in [-0.4, -0.2) is 23.9 Å². The topological polar surface area (TPSA) is 20.3 Å². The Balaban J connectivity index is 0. The Morgan fingerprint density at radius 2 is 1.58 bits per heavy atom. The van der Waals surface area contributed by atoms with Gasteiger partial charge < -0.3 is 4.90 Å². The zero-order chi connectivity index (χ0) is 9.98. The molecule has 2 nitrogen and oxygen atoms in total. The minimum absolute atomic E-state index is 0.0139. The number of amides is 1. The molecular weight excluding hydrogens is 150 g/mol. The Morgan fingerprint density at radius 3 is 1.67 bits per heavy atom. The van der Waals surface area contributed by atoms with Crippen LogP contribution in [0.1, 0.15) is 34.1 Å². The van der Waals surface area contributed by atoms with Crippen LogP contribution < -0.4 is 0 Å². The molecule has 72 valence electrons. The minimum Gasteiger partial charge on any atom is -0.340 e. The van der Waals surface area contributed by atoms with Gasteiger partial charge in [0.25, 0.3) is 0 Å². The first-order valence-corrected chi connectivity index (χ1v) is 4.59. The molecule has 0 radical (unpaired) electrons. The van der Waals surface area contributed by atoms with Gasteiger partial charge in [-0.25, -0.2) is 0 Å². The highest BCUT2D eigenvalue weighted by atomic mass is 16.2. The fraction of sp³-hybridized carbons (Fsp3) is 0.700. The molecule has 0 heterocycles. The lowest BCUT2D eigenvalue weighted by Crippen LogP contribution is -2.28. The first kappa shape index (κ1) is 13.8. The summed E-state index contributed by atoms with van der Waals surface area (Å²) >= 11 is 0. The molecule has 0 saturated carbocycles. The Morgan fingerprint density at radius 1 is 1.25 bits per heavy atom. The number of likely N-dealkylation sites (N-methyl/N-ethyl adjacent to an activating group) is 1. The van der Waals surface area contributed by atoms with Crippen LogP contribution >= 0.6 is 0 Å². The molecule has 0 saturated heterocycles. The van der Waals surface area contributed by atoms with Gasteiger partial charge in [-0.15, -0.1) is 0 Å². The SMILES string of the molecule is C=CC(=O)N(CC)CC.CCC. The summed E-state index contributed by atoms with van der Waals surface area (Å²) in [5, 5.41) is 0. The lowest BCUT2D eigenvalue weighted by atomic mass is 10.4. The van der Waals surface area contributed by atoms with E-state index in [9.17, 15) is 4.79 Å². The number of carbonyl (C=O) groups is 1. The number of hydrogen-bond acceptors (Lipinski definition) is 1. The Kier molecular flexibility index (Phi) is 11.7. The normalized spacial score (nSPS) is 8.00. The summed E-state index contributed by atoms with van der Waals surface area (Å²) in [5.74, 6) is 0.0139. The van der Waals surface area contributed by atoms with Crippen molar-refractivity contribution >= 4 is 5.91 Å². The van der Waals surface area contributed by atoms with Crippen molar-refractivity contribution in [1.29, 1.82) is 0 Å². The zero-order valence-corrected chi connectivity index (χ0v) is 8.76. The van der Waals surface area contributed by atoms with Gasteiger partial charge >= 0.3 is 0 Å². The molecule has 0 aromatic carbocycles. The van der Waals surface area contributed by atoms with Gasteiger partial charge in [0.15, 0.2) is 0 Å². The first-order valence-electron chi connectivity index (χ1n) is 4.59. The van der Waals surface area contributed by atoms with Crippen molar-refractivity contribution in [3.05, 3.63) is 12.7 Å². The van der Waals surface area contributed by atoms with Crippen LogP contribution in [0.4, 0.5) is 0 Å². The Labute approximate surface area is 76.3 Å². The molecule has 0 unspecified atom stereocenters. The van der Waals surface area contributed by atoms with Gasteiger partial charge in [-0.3, -0.25) is 4.79 Å². The molecular formula is C10H21NO. The Hall–Kier alpha value is -0.790. The van der Waals surface area contributed by atoms with Gasteiger partial charge in [0.05, 0.1) is 0 Å². The molecule has 0 N–H and O–H groups in total. The third-order valence-corrected chi connectivity index (χ3v) is 1.25. The second kappa shape index (κ2) is 10.2. The largest absolute Gasteiger partial charge is 0.340 e. The number of carbonyl (C=O) groups excluding carboxylic acids is 1. The maximum atomic E-state index is 10.8. The van der Waals surface area contributed by atoms with Crippen LogP contribution in [0.5, 0.6) is 0 Å². The highest BCUT2D eigenvalue weighted by molar-refractivity contribution is 5.86. The molecule has 0 fully saturated rings. The van der Waals surface area contributed by atoms with Crippen LogP contribution in [0.15, 0.2) is 12.7 Å². The van der Waals surface area contributed by atoms with Gasteiger partial charge in [0, 0.05) is 13.1 Å². The number of nitrogens with zero attached hydrogens (tertiary/aromatic N) is 1. The molecule has 0 aliphatic rings. The molecule has 0 bridgehead atoms. The fourth-order valence-electron chi connectivity index (χ4n) is 0.664. The van der Waals surface area contributed by atoms with Gasteiger partial charge in [0.2, 0.25) is 5.91 Å². The van der Waals surface area contributed by atoms with E-state index < -0.39 is 0 Å². The Bertz CT molecular complexity index is 117. The average Bonchev–Trinajstić information content (AvgIpc) is 2.08. The molecule has 0 aliphatic carbocycles. The van der Waals surface area contributed by atoms with Crippen molar-refractivity contribution in [1.82, 2.24) is 4.90 Å². The molecule has 0 aromatic rings. The molecule has 0 spiro atoms. The van der Waals surface area contributed by atoms with Gasteiger partial charge in [-0.05, 0) is 19.9 Å². The van der Waals surface area contributed by atoms with Crippen LogP contribution in [-0.2, 0) is 4.79 Å². The predicted octanol–water partition coefficient (Wildman–Crippen LogP) is 2.46. The van der Waals surface area contributed by atoms with Crippen molar-refractivity contribution in [2.75, 3.05) is 13.1 Å². The standard InChI is InChI=1S/C7H13NO.C3H8/c1-4-7(9)8(5-2)6-3;1-3-2/h4H,1,5-6H2,2-3H3;3H2,1-2H3. The summed E-state index contributed by atoms with van der Waals surface area (Å²) in [7, 11) is 0. The fourth-order valence-corrected chi connectivity index (χ4v) is 0.664. The molecule has 0 aliphatic heterocycles. The summed E-state index contributed by atoms with van der Waals surface area (Å²) in [6, 6.07) is 0. The molecule has 0 aromatic heterocycles. The van der Waals surface area contributed by atoms with E-state index in [-0.39, 0.29) is 5.91 Å². The van der Waals surface area contributed by atoms with Gasteiger partial charge in [-0.2, -0.15) is 0 Å². The molecule has 12 heavy (non-hydrogen) atoms. The maximum absolute atomic E-state index is 10.8. The van der Waals surface area contributed by atoms with Crippen molar-refractivity contribution in [2.24, 2.45) is 0 Å². The quantitative estimate of drug-likeness (QED) is 0.597. The average molecular weight is 171 g/mol. The molecule has 0 rings (SSSR count). The highest BCUT2D eigenvalue weighted by Gasteiger charge is 2.01. The van der Waals surface area contributed by atoms with Crippen LogP contribution in [0.25, 0.3) is 0 Å². The van der Waals surface area contributed by atoms with Crippen molar-refractivity contribution in [3.8, 4) is 0 Å². The third kappa shape index (κ3) is 7.32. The summed E-state index contributed by atoms with van der Waals surface area (Å²) in [6.45, 7) is 13.1. The highest BCUT2D eigenvalue weighted by Crippen LogP contribution is 1.87. The number of hydrogen-bond donors (Lipinski definition) is 0. The predicted molar refractivity (Wildman–Crippen MR) is 54.1 cm³/mol. The van der Waals surface area contributed by atoms with E-state index in [0.717, 1.165) is 13.1 Å². The second-order valence-electron chi connectivity index (χ2n) is 2.42. The summed E-state index contributed by atoms with van der Waals surface area (Å²) < 4.78 is 0.